The molecule has 1 aliphatic rings. The smallest absolute Gasteiger partial charge is 0.341 e. The van der Waals surface area contributed by atoms with Crippen molar-refractivity contribution >= 4 is 17.3 Å². The van der Waals surface area contributed by atoms with E-state index in [0.717, 1.165) is 48.0 Å². The van der Waals surface area contributed by atoms with E-state index in [1.54, 1.807) is 17.8 Å². The maximum absolute atomic E-state index is 12.5. The number of esters is 1. The van der Waals surface area contributed by atoms with Gasteiger partial charge in [-0.25, -0.2) is 14.5 Å². The molecule has 0 radical (unpaired) electrons. The molecule has 3 aromatic rings. The molecule has 8 heteroatoms. The summed E-state index contributed by atoms with van der Waals surface area (Å²) < 4.78 is 7.01. The zero-order valence-corrected chi connectivity index (χ0v) is 17.8. The first-order valence-corrected chi connectivity index (χ1v) is 11.2. The Hall–Kier alpha value is -2.55. The summed E-state index contributed by atoms with van der Waals surface area (Å²) in [7, 11) is 0. The number of rotatable bonds is 7. The van der Waals surface area contributed by atoms with E-state index in [-0.39, 0.29) is 18.5 Å². The Morgan fingerprint density at radius 2 is 2.17 bits per heavy atom. The van der Waals surface area contributed by atoms with E-state index >= 15 is 0 Å². The number of likely N-dealkylation sites (tertiary alicyclic amines) is 1. The molecule has 1 atom stereocenters. The van der Waals surface area contributed by atoms with Crippen LogP contribution in [0.3, 0.4) is 0 Å². The monoisotopic (exact) mass is 426 g/mol. The van der Waals surface area contributed by atoms with E-state index in [1.165, 1.54) is 11.3 Å². The van der Waals surface area contributed by atoms with Crippen molar-refractivity contribution in [2.24, 2.45) is 5.92 Å². The molecule has 158 valence electrons. The van der Waals surface area contributed by atoms with Crippen molar-refractivity contribution in [3.63, 3.8) is 0 Å². The molecule has 2 aromatic heterocycles. The summed E-state index contributed by atoms with van der Waals surface area (Å²) in [6, 6.07) is 10.00. The number of hydrogen-bond acceptors (Lipinski definition) is 7. The molecule has 30 heavy (non-hydrogen) atoms. The number of aromatic nitrogens is 3. The van der Waals surface area contributed by atoms with Gasteiger partial charge in [-0.05, 0) is 32.2 Å². The highest BCUT2D eigenvalue weighted by Crippen LogP contribution is 2.27. The van der Waals surface area contributed by atoms with Gasteiger partial charge in [-0.2, -0.15) is 5.10 Å². The Morgan fingerprint density at radius 1 is 1.33 bits per heavy atom. The van der Waals surface area contributed by atoms with Crippen LogP contribution >= 0.6 is 11.3 Å². The normalized spacial score (nSPS) is 17.2. The molecule has 3 heterocycles. The fourth-order valence-electron chi connectivity index (χ4n) is 3.83. The van der Waals surface area contributed by atoms with E-state index in [0.29, 0.717) is 18.7 Å². The lowest BCUT2D eigenvalue weighted by molar-refractivity contribution is 0.0522. The Labute approximate surface area is 179 Å². The van der Waals surface area contributed by atoms with Gasteiger partial charge in [0.25, 0.3) is 0 Å². The van der Waals surface area contributed by atoms with Gasteiger partial charge in [-0.1, -0.05) is 30.3 Å². The molecule has 0 aliphatic carbocycles. The maximum atomic E-state index is 12.5. The molecular weight excluding hydrogens is 400 g/mol. The van der Waals surface area contributed by atoms with Gasteiger partial charge in [0.15, 0.2) is 0 Å². The first kappa shape index (κ1) is 20.7. The number of thiazole rings is 1. The second-order valence-electron chi connectivity index (χ2n) is 7.44. The summed E-state index contributed by atoms with van der Waals surface area (Å²) in [6.45, 7) is 4.59. The van der Waals surface area contributed by atoms with Crippen LogP contribution in [0.4, 0.5) is 0 Å². The third-order valence-corrected chi connectivity index (χ3v) is 6.16. The second kappa shape index (κ2) is 9.51. The van der Waals surface area contributed by atoms with Crippen LogP contribution in [-0.2, 0) is 11.3 Å². The van der Waals surface area contributed by atoms with Crippen molar-refractivity contribution in [1.29, 1.82) is 0 Å². The molecule has 7 nitrogen and oxygen atoms in total. The molecule has 1 aromatic carbocycles. The van der Waals surface area contributed by atoms with Crippen LogP contribution in [0.2, 0.25) is 0 Å². The topological polar surface area (TPSA) is 80.5 Å². The molecule has 1 aliphatic heterocycles. The van der Waals surface area contributed by atoms with Crippen LogP contribution in [0, 0.1) is 5.92 Å². The van der Waals surface area contributed by atoms with Gasteiger partial charge in [-0.15, -0.1) is 11.3 Å². The number of nitrogens with zero attached hydrogens (tertiary/aromatic N) is 4. The predicted octanol–water partition coefficient (Wildman–Crippen LogP) is 3.38. The molecule has 1 fully saturated rings. The highest BCUT2D eigenvalue weighted by atomic mass is 32.1. The third-order valence-electron chi connectivity index (χ3n) is 5.34. The average Bonchev–Trinajstić information content (AvgIpc) is 3.42. The van der Waals surface area contributed by atoms with Crippen molar-refractivity contribution in [2.45, 2.75) is 26.3 Å². The van der Waals surface area contributed by atoms with E-state index in [4.69, 9.17) is 9.72 Å². The van der Waals surface area contributed by atoms with Gasteiger partial charge < -0.3 is 9.84 Å². The molecule has 0 spiro atoms. The lowest BCUT2D eigenvalue weighted by Crippen LogP contribution is -2.37. The maximum Gasteiger partial charge on any atom is 0.341 e. The fourth-order valence-corrected chi connectivity index (χ4v) is 4.64. The highest BCUT2D eigenvalue weighted by molar-refractivity contribution is 7.12. The highest BCUT2D eigenvalue weighted by Gasteiger charge is 2.26. The van der Waals surface area contributed by atoms with Crippen LogP contribution in [-0.4, -0.2) is 57.0 Å². The van der Waals surface area contributed by atoms with E-state index in [9.17, 15) is 9.90 Å². The van der Waals surface area contributed by atoms with Gasteiger partial charge in [0.2, 0.25) is 5.13 Å². The Bertz CT molecular complexity index is 985. The lowest BCUT2D eigenvalue weighted by Gasteiger charge is -2.31. The quantitative estimate of drug-likeness (QED) is 0.584. The number of benzene rings is 1. The minimum Gasteiger partial charge on any atom is -0.462 e. The van der Waals surface area contributed by atoms with Crippen LogP contribution in [0.25, 0.3) is 16.4 Å². The van der Waals surface area contributed by atoms with E-state index in [1.807, 2.05) is 35.7 Å². The minimum atomic E-state index is -0.366. The summed E-state index contributed by atoms with van der Waals surface area (Å²) >= 11 is 1.50. The lowest BCUT2D eigenvalue weighted by atomic mass is 9.99. The molecule has 0 amide bonds. The van der Waals surface area contributed by atoms with Crippen molar-refractivity contribution in [3.8, 4) is 16.4 Å². The third kappa shape index (κ3) is 4.45. The standard InChI is InChI=1S/C22H26N4O3S/c1-2-29-21(28)18-11-23-26(20(18)13-25-10-6-7-16(12-25)14-27)22-24-19(15-30-22)17-8-4-3-5-9-17/h3-5,8-9,11,15-16,27H,2,6-7,10,12-14H2,1H3. The summed E-state index contributed by atoms with van der Waals surface area (Å²) in [4.78, 5) is 19.6. The van der Waals surface area contributed by atoms with E-state index < -0.39 is 0 Å². The molecule has 1 unspecified atom stereocenters. The van der Waals surface area contributed by atoms with Crippen molar-refractivity contribution in [2.75, 3.05) is 26.3 Å². The summed E-state index contributed by atoms with van der Waals surface area (Å²) in [6.07, 6.45) is 3.64. The first-order chi connectivity index (χ1) is 14.7. The molecule has 1 N–H and O–H groups in total. The Morgan fingerprint density at radius 3 is 2.93 bits per heavy atom. The first-order valence-electron chi connectivity index (χ1n) is 10.3. The van der Waals surface area contributed by atoms with Crippen LogP contribution in [0.1, 0.15) is 35.8 Å². The zero-order valence-electron chi connectivity index (χ0n) is 17.0. The number of aliphatic hydroxyl groups is 1. The average molecular weight is 427 g/mol. The molecular formula is C22H26N4O3S. The fraction of sp³-hybridized carbons (Fsp3) is 0.409. The summed E-state index contributed by atoms with van der Waals surface area (Å²) in [5.41, 5.74) is 3.18. The predicted molar refractivity (Wildman–Crippen MR) is 116 cm³/mol. The van der Waals surface area contributed by atoms with Gasteiger partial charge in [-0.3, -0.25) is 4.90 Å². The number of carbonyl (C=O) groups excluding carboxylic acids is 1. The van der Waals surface area contributed by atoms with Gasteiger partial charge in [0.1, 0.15) is 5.56 Å². The van der Waals surface area contributed by atoms with Crippen LogP contribution < -0.4 is 0 Å². The van der Waals surface area contributed by atoms with Gasteiger partial charge >= 0.3 is 5.97 Å². The largest absolute Gasteiger partial charge is 0.462 e. The molecule has 0 bridgehead atoms. The number of carbonyl (C=O) groups is 1. The number of hydrogen-bond donors (Lipinski definition) is 1. The Kier molecular flexibility index (Phi) is 6.56. The number of ether oxygens (including phenoxy) is 1. The molecule has 4 rings (SSSR count). The zero-order chi connectivity index (χ0) is 20.9. The van der Waals surface area contributed by atoms with Gasteiger partial charge in [0, 0.05) is 30.6 Å². The van der Waals surface area contributed by atoms with Crippen molar-refractivity contribution < 1.29 is 14.6 Å². The van der Waals surface area contributed by atoms with Crippen molar-refractivity contribution in [1.82, 2.24) is 19.7 Å². The van der Waals surface area contributed by atoms with Crippen molar-refractivity contribution in [3.05, 3.63) is 53.2 Å². The summed E-state index contributed by atoms with van der Waals surface area (Å²) in [5, 5.41) is 16.8. The van der Waals surface area contributed by atoms with Gasteiger partial charge in [0.05, 0.1) is 24.2 Å². The molecule has 0 saturated carbocycles. The SMILES string of the molecule is CCOC(=O)c1cnn(-c2nc(-c3ccccc3)cs2)c1CN1CCCC(CO)C1. The Balaban J connectivity index is 1.66. The minimum absolute atomic E-state index is 0.188. The van der Waals surface area contributed by atoms with E-state index in [2.05, 4.69) is 10.00 Å². The number of piperidine rings is 1. The van der Waals surface area contributed by atoms with Crippen LogP contribution in [0.15, 0.2) is 41.9 Å². The molecule has 1 saturated heterocycles. The van der Waals surface area contributed by atoms with Crippen LogP contribution in [0.5, 0.6) is 0 Å². The number of aliphatic hydroxyl groups excluding tert-OH is 1. The second-order valence-corrected chi connectivity index (χ2v) is 8.28. The summed E-state index contributed by atoms with van der Waals surface area (Å²) in [5.74, 6) is -0.0972.